The number of fused-ring (bicyclic) bond motifs is 1. The van der Waals surface area contributed by atoms with Crippen LogP contribution in [0.4, 0.5) is 4.39 Å². The number of carbonyl (C=O) groups excluding carboxylic acids is 1. The van der Waals surface area contributed by atoms with E-state index in [2.05, 4.69) is 21.4 Å². The number of benzene rings is 2. The monoisotopic (exact) mass is 460 g/mol. The number of H-pyrrole nitrogens is 1. The number of likely N-dealkylation sites (N-methyl/N-ethyl adjacent to an activating group) is 1. The quantitative estimate of drug-likeness (QED) is 0.202. The van der Waals surface area contributed by atoms with Crippen molar-refractivity contribution in [2.45, 2.75) is 25.4 Å². The van der Waals surface area contributed by atoms with Crippen LogP contribution in [0, 0.1) is 5.82 Å². The molecule has 176 valence electrons. The number of aryl methyl sites for hydroxylation is 1. The Morgan fingerprint density at radius 1 is 1.26 bits per heavy atom. The van der Waals surface area contributed by atoms with Crippen LogP contribution in [0.3, 0.4) is 0 Å². The standard InChI is InChI=1S/C26H29FN6O/c1-32(14-6-15-33-16-13-28-18-33)25(22-8-2-4-9-23(22)27)26(31-19-34)29-12-11-20-17-30-24-10-5-3-7-21(20)24/h2-5,7-10,13,16-19,25,30H,6,11-12,14-15H2,1H3,(H,29,31,34). The van der Waals surface area contributed by atoms with E-state index < -0.39 is 6.04 Å². The number of rotatable bonds is 11. The summed E-state index contributed by atoms with van der Waals surface area (Å²) >= 11 is 0. The summed E-state index contributed by atoms with van der Waals surface area (Å²) in [4.78, 5) is 25.6. The number of nitrogens with one attached hydrogen (secondary N) is 2. The average molecular weight is 461 g/mol. The number of carbonyl (C=O) groups is 1. The van der Waals surface area contributed by atoms with E-state index in [0.29, 0.717) is 37.3 Å². The molecule has 34 heavy (non-hydrogen) atoms. The highest BCUT2D eigenvalue weighted by atomic mass is 19.1. The number of imidazole rings is 1. The lowest BCUT2D eigenvalue weighted by Gasteiger charge is -2.29. The molecule has 0 aliphatic carbocycles. The number of hydrogen-bond donors (Lipinski definition) is 2. The molecular formula is C26H29FN6O. The number of halogens is 1. The number of aromatic nitrogens is 3. The second-order valence-electron chi connectivity index (χ2n) is 8.20. The molecule has 4 aromatic rings. The summed E-state index contributed by atoms with van der Waals surface area (Å²) in [6.07, 6.45) is 9.57. The zero-order chi connectivity index (χ0) is 23.8. The number of amidine groups is 1. The lowest BCUT2D eigenvalue weighted by Crippen LogP contribution is -2.39. The van der Waals surface area contributed by atoms with Crippen molar-refractivity contribution >= 4 is 23.1 Å². The molecule has 4 rings (SSSR count). The third kappa shape index (κ3) is 5.58. The maximum absolute atomic E-state index is 14.9. The van der Waals surface area contributed by atoms with E-state index in [9.17, 15) is 9.18 Å². The minimum Gasteiger partial charge on any atom is -0.361 e. The Morgan fingerprint density at radius 2 is 2.09 bits per heavy atom. The highest BCUT2D eigenvalue weighted by molar-refractivity contribution is 5.95. The first-order valence-electron chi connectivity index (χ1n) is 11.4. The first kappa shape index (κ1) is 23.4. The van der Waals surface area contributed by atoms with Gasteiger partial charge >= 0.3 is 0 Å². The molecule has 2 heterocycles. The van der Waals surface area contributed by atoms with Crippen molar-refractivity contribution in [2.24, 2.45) is 4.99 Å². The fourth-order valence-corrected chi connectivity index (χ4v) is 4.25. The molecule has 0 saturated heterocycles. The summed E-state index contributed by atoms with van der Waals surface area (Å²) in [6.45, 7) is 1.94. The van der Waals surface area contributed by atoms with Crippen molar-refractivity contribution in [1.82, 2.24) is 24.8 Å². The number of amides is 1. The minimum atomic E-state index is -0.517. The van der Waals surface area contributed by atoms with Crippen molar-refractivity contribution in [3.05, 3.63) is 90.4 Å². The fourth-order valence-electron chi connectivity index (χ4n) is 4.25. The maximum atomic E-state index is 14.9. The topological polar surface area (TPSA) is 78.3 Å². The predicted molar refractivity (Wildman–Crippen MR) is 132 cm³/mol. The highest BCUT2D eigenvalue weighted by Gasteiger charge is 2.25. The molecule has 2 N–H and O–H groups in total. The van der Waals surface area contributed by atoms with Crippen LogP contribution in [0.2, 0.25) is 0 Å². The van der Waals surface area contributed by atoms with E-state index in [4.69, 9.17) is 4.99 Å². The van der Waals surface area contributed by atoms with Gasteiger partial charge in [0.05, 0.1) is 12.4 Å². The SMILES string of the molecule is CN(CCCn1ccnc1)C(/C(=N/CCc1c[nH]c2ccccc12)NC=O)c1ccccc1F. The summed E-state index contributed by atoms with van der Waals surface area (Å²) in [5, 5.41) is 3.91. The highest BCUT2D eigenvalue weighted by Crippen LogP contribution is 2.24. The molecule has 0 aliphatic rings. The molecule has 0 radical (unpaired) electrons. The lowest BCUT2D eigenvalue weighted by molar-refractivity contribution is -0.108. The van der Waals surface area contributed by atoms with Crippen molar-refractivity contribution in [1.29, 1.82) is 0 Å². The van der Waals surface area contributed by atoms with Crippen LogP contribution in [0.1, 0.15) is 23.6 Å². The van der Waals surface area contributed by atoms with Crippen LogP contribution in [0.25, 0.3) is 10.9 Å². The largest absolute Gasteiger partial charge is 0.361 e. The molecule has 2 aromatic carbocycles. The zero-order valence-corrected chi connectivity index (χ0v) is 19.2. The number of aromatic amines is 1. The summed E-state index contributed by atoms with van der Waals surface area (Å²) in [6, 6.07) is 14.2. The van der Waals surface area contributed by atoms with E-state index in [-0.39, 0.29) is 5.82 Å². The van der Waals surface area contributed by atoms with Gasteiger partial charge in [0.1, 0.15) is 11.7 Å². The third-order valence-corrected chi connectivity index (χ3v) is 5.93. The van der Waals surface area contributed by atoms with E-state index in [1.807, 2.05) is 47.1 Å². The van der Waals surface area contributed by atoms with E-state index >= 15 is 0 Å². The van der Waals surface area contributed by atoms with Crippen LogP contribution in [0.15, 0.2) is 78.4 Å². The number of para-hydroxylation sites is 1. The average Bonchev–Trinajstić information content (AvgIpc) is 3.51. The molecule has 1 amide bonds. The summed E-state index contributed by atoms with van der Waals surface area (Å²) in [5.74, 6) is 0.107. The molecule has 7 nitrogen and oxygen atoms in total. The molecule has 0 spiro atoms. The second kappa shape index (κ2) is 11.4. The Labute approximate surface area is 198 Å². The Morgan fingerprint density at radius 3 is 2.88 bits per heavy atom. The van der Waals surface area contributed by atoms with Gasteiger partial charge in [-0.15, -0.1) is 0 Å². The first-order chi connectivity index (χ1) is 16.7. The summed E-state index contributed by atoms with van der Waals surface area (Å²) < 4.78 is 16.9. The van der Waals surface area contributed by atoms with Gasteiger partial charge in [-0.2, -0.15) is 0 Å². The Kier molecular flexibility index (Phi) is 7.83. The Bertz CT molecular complexity index is 1230. The van der Waals surface area contributed by atoms with Gasteiger partial charge in [0, 0.05) is 54.7 Å². The van der Waals surface area contributed by atoms with Crippen LogP contribution in [-0.2, 0) is 17.8 Å². The normalized spacial score (nSPS) is 12.9. The fraction of sp³-hybridized carbons (Fsp3) is 0.269. The van der Waals surface area contributed by atoms with E-state index in [1.165, 1.54) is 6.07 Å². The molecule has 1 atom stereocenters. The summed E-state index contributed by atoms with van der Waals surface area (Å²) in [5.41, 5.74) is 2.71. The zero-order valence-electron chi connectivity index (χ0n) is 19.2. The smallest absolute Gasteiger partial charge is 0.212 e. The molecule has 1 unspecified atom stereocenters. The van der Waals surface area contributed by atoms with Crippen LogP contribution >= 0.6 is 0 Å². The van der Waals surface area contributed by atoms with Crippen molar-refractivity contribution in [3.8, 4) is 0 Å². The molecule has 0 aliphatic heterocycles. The predicted octanol–water partition coefficient (Wildman–Crippen LogP) is 3.95. The second-order valence-corrected chi connectivity index (χ2v) is 8.20. The van der Waals surface area contributed by atoms with E-state index in [1.54, 1.807) is 30.7 Å². The number of hydrogen-bond acceptors (Lipinski definition) is 4. The van der Waals surface area contributed by atoms with Gasteiger partial charge in [-0.05, 0) is 37.6 Å². The molecule has 0 bridgehead atoms. The molecule has 8 heteroatoms. The lowest BCUT2D eigenvalue weighted by atomic mass is 10.0. The van der Waals surface area contributed by atoms with Crippen molar-refractivity contribution in [3.63, 3.8) is 0 Å². The molecule has 2 aromatic heterocycles. The Balaban J connectivity index is 1.54. The van der Waals surface area contributed by atoms with Crippen LogP contribution in [-0.4, -0.2) is 51.8 Å². The molecular weight excluding hydrogens is 431 g/mol. The van der Waals surface area contributed by atoms with Crippen LogP contribution in [0.5, 0.6) is 0 Å². The number of aliphatic imine (C=N–C) groups is 1. The van der Waals surface area contributed by atoms with Gasteiger partial charge in [0.25, 0.3) is 0 Å². The van der Waals surface area contributed by atoms with Gasteiger partial charge < -0.3 is 14.9 Å². The van der Waals surface area contributed by atoms with Crippen molar-refractivity contribution < 1.29 is 9.18 Å². The molecule has 0 saturated carbocycles. The van der Waals surface area contributed by atoms with Gasteiger partial charge in [-0.1, -0.05) is 36.4 Å². The van der Waals surface area contributed by atoms with Crippen molar-refractivity contribution in [2.75, 3.05) is 20.1 Å². The Hall–Kier alpha value is -3.78. The third-order valence-electron chi connectivity index (χ3n) is 5.93. The van der Waals surface area contributed by atoms with Gasteiger partial charge in [0.2, 0.25) is 6.41 Å². The van der Waals surface area contributed by atoms with Gasteiger partial charge in [-0.25, -0.2) is 9.37 Å². The molecule has 0 fully saturated rings. The first-order valence-corrected chi connectivity index (χ1v) is 11.4. The number of nitrogens with zero attached hydrogens (tertiary/aromatic N) is 4. The van der Waals surface area contributed by atoms with Gasteiger partial charge in [0.15, 0.2) is 0 Å². The van der Waals surface area contributed by atoms with Gasteiger partial charge in [-0.3, -0.25) is 14.7 Å². The maximum Gasteiger partial charge on any atom is 0.212 e. The van der Waals surface area contributed by atoms with E-state index in [0.717, 1.165) is 29.4 Å². The minimum absolute atomic E-state index is 0.328. The van der Waals surface area contributed by atoms with Crippen LogP contribution < -0.4 is 5.32 Å². The summed E-state index contributed by atoms with van der Waals surface area (Å²) in [7, 11) is 1.92.